The van der Waals surface area contributed by atoms with Gasteiger partial charge in [0, 0.05) is 25.7 Å². The van der Waals surface area contributed by atoms with Crippen LogP contribution in [0.1, 0.15) is 48.2 Å². The molecule has 2 heterocycles. The van der Waals surface area contributed by atoms with Crippen molar-refractivity contribution in [3.05, 3.63) is 36.0 Å². The molecule has 1 amide bonds. The molecule has 1 saturated carbocycles. The van der Waals surface area contributed by atoms with E-state index < -0.39 is 0 Å². The topological polar surface area (TPSA) is 64.2 Å². The fourth-order valence-electron chi connectivity index (χ4n) is 3.04. The molecule has 118 valence electrons. The van der Waals surface area contributed by atoms with E-state index in [0.29, 0.717) is 18.2 Å². The van der Waals surface area contributed by atoms with E-state index in [4.69, 9.17) is 4.42 Å². The Labute approximate surface area is 130 Å². The van der Waals surface area contributed by atoms with Crippen LogP contribution in [0.3, 0.4) is 0 Å². The highest BCUT2D eigenvalue weighted by atomic mass is 16.3. The number of carbonyl (C=O) groups excluding carboxylic acids is 1. The van der Waals surface area contributed by atoms with Gasteiger partial charge in [0.2, 0.25) is 0 Å². The number of carbonyl (C=O) groups is 1. The highest BCUT2D eigenvalue weighted by Gasteiger charge is 2.19. The number of hydrogen-bond donors (Lipinski definition) is 0. The molecule has 0 spiro atoms. The molecule has 22 heavy (non-hydrogen) atoms. The predicted molar refractivity (Wildman–Crippen MR) is 81.1 cm³/mol. The fraction of sp³-hybridized carbons (Fsp3) is 0.562. The van der Waals surface area contributed by atoms with Crippen molar-refractivity contribution < 1.29 is 9.21 Å². The number of rotatable bonds is 5. The van der Waals surface area contributed by atoms with Crippen molar-refractivity contribution in [2.75, 3.05) is 7.05 Å². The minimum atomic E-state index is -0.115. The van der Waals surface area contributed by atoms with E-state index in [1.54, 1.807) is 30.7 Å². The second-order valence-corrected chi connectivity index (χ2v) is 6.12. The van der Waals surface area contributed by atoms with Gasteiger partial charge in [0.1, 0.15) is 0 Å². The van der Waals surface area contributed by atoms with Crippen LogP contribution in [0, 0.1) is 5.92 Å². The predicted octanol–water partition coefficient (Wildman–Crippen LogP) is 2.72. The lowest BCUT2D eigenvalue weighted by atomic mass is 9.89. The van der Waals surface area contributed by atoms with Gasteiger partial charge in [-0.3, -0.25) is 9.48 Å². The van der Waals surface area contributed by atoms with E-state index in [0.717, 1.165) is 12.1 Å². The molecule has 6 nitrogen and oxygen atoms in total. The van der Waals surface area contributed by atoms with Crippen LogP contribution >= 0.6 is 0 Å². The van der Waals surface area contributed by atoms with Crippen molar-refractivity contribution in [1.82, 2.24) is 19.9 Å². The van der Waals surface area contributed by atoms with E-state index in [2.05, 4.69) is 10.3 Å². The third-order valence-corrected chi connectivity index (χ3v) is 4.27. The van der Waals surface area contributed by atoms with Gasteiger partial charge in [-0.1, -0.05) is 24.5 Å². The fourth-order valence-corrected chi connectivity index (χ4v) is 3.04. The van der Waals surface area contributed by atoms with Crippen molar-refractivity contribution in [3.63, 3.8) is 0 Å². The van der Waals surface area contributed by atoms with Gasteiger partial charge >= 0.3 is 0 Å². The zero-order valence-electron chi connectivity index (χ0n) is 12.9. The van der Waals surface area contributed by atoms with Crippen LogP contribution in [-0.4, -0.2) is 32.8 Å². The Bertz CT molecular complexity index is 599. The highest BCUT2D eigenvalue weighted by Crippen LogP contribution is 2.24. The Morgan fingerprint density at radius 2 is 2.23 bits per heavy atom. The van der Waals surface area contributed by atoms with Crippen LogP contribution in [0.15, 0.2) is 29.2 Å². The van der Waals surface area contributed by atoms with Crippen LogP contribution < -0.4 is 0 Å². The van der Waals surface area contributed by atoms with Gasteiger partial charge in [-0.25, -0.2) is 0 Å². The first-order valence-corrected chi connectivity index (χ1v) is 7.89. The second-order valence-electron chi connectivity index (χ2n) is 6.12. The molecule has 1 aliphatic carbocycles. The summed E-state index contributed by atoms with van der Waals surface area (Å²) >= 11 is 0. The summed E-state index contributed by atoms with van der Waals surface area (Å²) in [7, 11) is 1.76. The molecule has 0 aromatic carbocycles. The molecule has 0 radical (unpaired) electrons. The Hall–Kier alpha value is -2.11. The van der Waals surface area contributed by atoms with Crippen molar-refractivity contribution in [2.45, 2.75) is 45.2 Å². The molecular formula is C16H22N4O2. The smallest absolute Gasteiger partial charge is 0.276 e. The van der Waals surface area contributed by atoms with Crippen LogP contribution in [0.5, 0.6) is 0 Å². The SMILES string of the molecule is CN(Cc1ccoc1)C(=O)c1cn(CC2CCCCC2)nn1. The van der Waals surface area contributed by atoms with Gasteiger partial charge in [-0.2, -0.15) is 0 Å². The third kappa shape index (κ3) is 3.55. The van der Waals surface area contributed by atoms with E-state index in [1.807, 2.05) is 10.7 Å². The lowest BCUT2D eigenvalue weighted by molar-refractivity contribution is 0.0779. The largest absolute Gasteiger partial charge is 0.472 e. The molecule has 0 bridgehead atoms. The molecule has 1 aliphatic rings. The third-order valence-electron chi connectivity index (χ3n) is 4.27. The molecule has 3 rings (SSSR count). The molecule has 0 N–H and O–H groups in total. The first kappa shape index (κ1) is 14.8. The number of furan rings is 1. The summed E-state index contributed by atoms with van der Waals surface area (Å²) in [5, 5.41) is 8.14. The van der Waals surface area contributed by atoms with Gasteiger partial charge in [-0.05, 0) is 24.8 Å². The van der Waals surface area contributed by atoms with E-state index in [-0.39, 0.29) is 5.91 Å². The monoisotopic (exact) mass is 302 g/mol. The van der Waals surface area contributed by atoms with Gasteiger partial charge in [0.25, 0.3) is 5.91 Å². The molecule has 1 fully saturated rings. The summed E-state index contributed by atoms with van der Waals surface area (Å²) in [6, 6.07) is 1.85. The quantitative estimate of drug-likeness (QED) is 0.852. The molecule has 0 unspecified atom stereocenters. The lowest BCUT2D eigenvalue weighted by Gasteiger charge is -2.20. The van der Waals surface area contributed by atoms with Crippen LogP contribution in [-0.2, 0) is 13.1 Å². The Morgan fingerprint density at radius 1 is 1.41 bits per heavy atom. The number of nitrogens with zero attached hydrogens (tertiary/aromatic N) is 4. The van der Waals surface area contributed by atoms with Gasteiger partial charge in [-0.15, -0.1) is 5.10 Å². The molecule has 2 aromatic rings. The Kier molecular flexibility index (Phi) is 4.56. The Morgan fingerprint density at radius 3 is 2.95 bits per heavy atom. The lowest BCUT2D eigenvalue weighted by Crippen LogP contribution is -2.26. The standard InChI is InChI=1S/C16H22N4O2/c1-19(9-14-7-8-22-12-14)16(21)15-11-20(18-17-15)10-13-5-3-2-4-6-13/h7-8,11-13H,2-6,9-10H2,1H3. The summed E-state index contributed by atoms with van der Waals surface area (Å²) in [6.07, 6.45) is 11.5. The molecule has 0 saturated heterocycles. The normalized spacial score (nSPS) is 15.9. The minimum absolute atomic E-state index is 0.115. The zero-order chi connectivity index (χ0) is 15.4. The zero-order valence-corrected chi connectivity index (χ0v) is 12.9. The number of amides is 1. The molecule has 6 heteroatoms. The van der Waals surface area contributed by atoms with Crippen LogP contribution in [0.4, 0.5) is 0 Å². The van der Waals surface area contributed by atoms with Crippen molar-refractivity contribution in [2.24, 2.45) is 5.92 Å². The average molecular weight is 302 g/mol. The van der Waals surface area contributed by atoms with Gasteiger partial charge in [0.05, 0.1) is 18.7 Å². The molecular weight excluding hydrogens is 280 g/mol. The maximum atomic E-state index is 12.4. The van der Waals surface area contributed by atoms with Crippen LogP contribution in [0.2, 0.25) is 0 Å². The van der Waals surface area contributed by atoms with E-state index >= 15 is 0 Å². The van der Waals surface area contributed by atoms with Crippen molar-refractivity contribution >= 4 is 5.91 Å². The molecule has 0 atom stereocenters. The summed E-state index contributed by atoms with van der Waals surface area (Å²) in [4.78, 5) is 14.0. The van der Waals surface area contributed by atoms with Crippen LogP contribution in [0.25, 0.3) is 0 Å². The van der Waals surface area contributed by atoms with Gasteiger partial charge in [0.15, 0.2) is 5.69 Å². The van der Waals surface area contributed by atoms with Crippen molar-refractivity contribution in [1.29, 1.82) is 0 Å². The van der Waals surface area contributed by atoms with E-state index in [9.17, 15) is 4.79 Å². The van der Waals surface area contributed by atoms with Gasteiger partial charge < -0.3 is 9.32 Å². The van der Waals surface area contributed by atoms with Crippen molar-refractivity contribution in [3.8, 4) is 0 Å². The first-order valence-electron chi connectivity index (χ1n) is 7.89. The van der Waals surface area contributed by atoms with E-state index in [1.165, 1.54) is 32.1 Å². The summed E-state index contributed by atoms with van der Waals surface area (Å²) in [5.41, 5.74) is 1.37. The summed E-state index contributed by atoms with van der Waals surface area (Å²) < 4.78 is 6.83. The maximum Gasteiger partial charge on any atom is 0.276 e. The molecule has 0 aliphatic heterocycles. The maximum absolute atomic E-state index is 12.4. The second kappa shape index (κ2) is 6.77. The number of hydrogen-bond acceptors (Lipinski definition) is 4. The first-order chi connectivity index (χ1) is 10.7. The Balaban J connectivity index is 1.58. The average Bonchev–Trinajstić information content (AvgIpc) is 3.19. The molecule has 2 aromatic heterocycles. The number of aromatic nitrogens is 3. The highest BCUT2D eigenvalue weighted by molar-refractivity contribution is 5.91. The summed E-state index contributed by atoms with van der Waals surface area (Å²) in [5.74, 6) is 0.554. The summed E-state index contributed by atoms with van der Waals surface area (Å²) in [6.45, 7) is 1.37. The minimum Gasteiger partial charge on any atom is -0.472 e.